The van der Waals surface area contributed by atoms with Gasteiger partial charge in [-0.3, -0.25) is 4.79 Å². The van der Waals surface area contributed by atoms with E-state index in [0.29, 0.717) is 12.4 Å². The standard InChI is InChI=1S/C21H24N2O5S/c1-2-3-12-28-16-8-10-17(11-9-16)29(26,27)23-20(21(24)25)13-15-14-22-19-7-5-4-6-18(15)19/h4-11,14,20,22-23H,2-3,12-13H2,1H3,(H,24,25). The molecule has 0 spiro atoms. The van der Waals surface area contributed by atoms with Crippen LogP contribution in [-0.4, -0.2) is 37.1 Å². The zero-order valence-corrected chi connectivity index (χ0v) is 16.9. The van der Waals surface area contributed by atoms with Crippen LogP contribution < -0.4 is 9.46 Å². The summed E-state index contributed by atoms with van der Waals surface area (Å²) in [6, 6.07) is 12.1. The van der Waals surface area contributed by atoms with Gasteiger partial charge >= 0.3 is 5.97 Å². The van der Waals surface area contributed by atoms with E-state index in [0.717, 1.165) is 29.3 Å². The van der Waals surface area contributed by atoms with Crippen molar-refractivity contribution in [1.82, 2.24) is 9.71 Å². The van der Waals surface area contributed by atoms with Crippen LogP contribution in [0.2, 0.25) is 0 Å². The van der Waals surface area contributed by atoms with E-state index in [1.54, 1.807) is 18.3 Å². The van der Waals surface area contributed by atoms with Crippen LogP contribution in [0.5, 0.6) is 5.75 Å². The Hall–Kier alpha value is -2.84. The highest BCUT2D eigenvalue weighted by molar-refractivity contribution is 7.89. The number of aromatic nitrogens is 1. The number of H-pyrrole nitrogens is 1. The summed E-state index contributed by atoms with van der Waals surface area (Å²) in [5.74, 6) is -0.663. The molecule has 0 radical (unpaired) electrons. The molecule has 7 nitrogen and oxygen atoms in total. The van der Waals surface area contributed by atoms with Crippen LogP contribution in [0.3, 0.4) is 0 Å². The number of carbonyl (C=O) groups is 1. The van der Waals surface area contributed by atoms with Crippen LogP contribution in [-0.2, 0) is 21.2 Å². The molecule has 0 aliphatic heterocycles. The maximum absolute atomic E-state index is 12.7. The third-order valence-corrected chi connectivity index (χ3v) is 6.08. The third kappa shape index (κ3) is 5.16. The highest BCUT2D eigenvalue weighted by atomic mass is 32.2. The summed E-state index contributed by atoms with van der Waals surface area (Å²) < 4.78 is 33.2. The van der Waals surface area contributed by atoms with Gasteiger partial charge < -0.3 is 14.8 Å². The van der Waals surface area contributed by atoms with E-state index < -0.39 is 22.0 Å². The summed E-state index contributed by atoms with van der Waals surface area (Å²) in [6.45, 7) is 2.62. The van der Waals surface area contributed by atoms with Gasteiger partial charge in [-0.15, -0.1) is 0 Å². The molecule has 8 heteroatoms. The molecule has 0 saturated carbocycles. The number of hydrogen-bond acceptors (Lipinski definition) is 4. The predicted octanol–water partition coefficient (Wildman–Crippen LogP) is 3.32. The van der Waals surface area contributed by atoms with Crippen LogP contribution >= 0.6 is 0 Å². The zero-order valence-electron chi connectivity index (χ0n) is 16.1. The van der Waals surface area contributed by atoms with Crippen molar-refractivity contribution < 1.29 is 23.1 Å². The maximum Gasteiger partial charge on any atom is 0.322 e. The van der Waals surface area contributed by atoms with Crippen molar-refractivity contribution in [3.05, 3.63) is 60.3 Å². The zero-order chi connectivity index (χ0) is 20.9. The van der Waals surface area contributed by atoms with E-state index in [2.05, 4.69) is 16.6 Å². The maximum atomic E-state index is 12.7. The minimum absolute atomic E-state index is 0.00878. The Labute approximate surface area is 169 Å². The number of para-hydroxylation sites is 1. The van der Waals surface area contributed by atoms with Crippen LogP contribution in [0.1, 0.15) is 25.3 Å². The Morgan fingerprint density at radius 1 is 1.17 bits per heavy atom. The summed E-state index contributed by atoms with van der Waals surface area (Å²) in [7, 11) is -4.00. The number of fused-ring (bicyclic) bond motifs is 1. The number of aliphatic carboxylic acids is 1. The van der Waals surface area contributed by atoms with Crippen molar-refractivity contribution in [3.8, 4) is 5.75 Å². The van der Waals surface area contributed by atoms with Crippen LogP contribution in [0.25, 0.3) is 10.9 Å². The lowest BCUT2D eigenvalue weighted by atomic mass is 10.1. The first-order chi connectivity index (χ1) is 13.9. The molecule has 0 saturated heterocycles. The number of nitrogens with one attached hydrogen (secondary N) is 2. The summed E-state index contributed by atoms with van der Waals surface area (Å²) in [5, 5.41) is 10.4. The van der Waals surface area contributed by atoms with E-state index in [4.69, 9.17) is 4.74 Å². The number of benzene rings is 2. The third-order valence-electron chi connectivity index (χ3n) is 4.60. The highest BCUT2D eigenvalue weighted by Gasteiger charge is 2.26. The molecule has 0 fully saturated rings. The molecule has 0 amide bonds. The van der Waals surface area contributed by atoms with Gasteiger partial charge in [-0.1, -0.05) is 31.5 Å². The van der Waals surface area contributed by atoms with Gasteiger partial charge in [0.1, 0.15) is 11.8 Å². The van der Waals surface area contributed by atoms with E-state index in [1.807, 2.05) is 24.3 Å². The highest BCUT2D eigenvalue weighted by Crippen LogP contribution is 2.21. The largest absolute Gasteiger partial charge is 0.494 e. The van der Waals surface area contributed by atoms with E-state index in [-0.39, 0.29) is 11.3 Å². The lowest BCUT2D eigenvalue weighted by molar-refractivity contribution is -0.138. The number of hydrogen-bond donors (Lipinski definition) is 3. The summed E-state index contributed by atoms with van der Waals surface area (Å²) in [4.78, 5) is 14.8. The molecule has 0 bridgehead atoms. The summed E-state index contributed by atoms with van der Waals surface area (Å²) >= 11 is 0. The number of sulfonamides is 1. The van der Waals surface area contributed by atoms with Gasteiger partial charge in [-0.05, 0) is 42.3 Å². The van der Waals surface area contributed by atoms with Crippen LogP contribution in [0.15, 0.2) is 59.6 Å². The molecular weight excluding hydrogens is 392 g/mol. The smallest absolute Gasteiger partial charge is 0.322 e. The molecule has 0 aliphatic rings. The summed E-state index contributed by atoms with van der Waals surface area (Å²) in [5.41, 5.74) is 1.60. The van der Waals surface area contributed by atoms with Gasteiger partial charge in [0.2, 0.25) is 10.0 Å². The normalized spacial score (nSPS) is 12.7. The molecule has 3 rings (SSSR count). The molecule has 29 heavy (non-hydrogen) atoms. The van der Waals surface area contributed by atoms with Crippen molar-refractivity contribution in [1.29, 1.82) is 0 Å². The number of carboxylic acid groups (broad SMARTS) is 1. The molecule has 1 heterocycles. The monoisotopic (exact) mass is 416 g/mol. The number of aromatic amines is 1. The summed E-state index contributed by atoms with van der Waals surface area (Å²) in [6.07, 6.45) is 3.65. The van der Waals surface area contributed by atoms with Gasteiger partial charge in [0.05, 0.1) is 11.5 Å². The molecule has 2 aromatic carbocycles. The average Bonchev–Trinajstić information content (AvgIpc) is 3.11. The van der Waals surface area contributed by atoms with Crippen molar-refractivity contribution in [3.63, 3.8) is 0 Å². The lowest BCUT2D eigenvalue weighted by Gasteiger charge is -2.15. The van der Waals surface area contributed by atoms with Crippen LogP contribution in [0.4, 0.5) is 0 Å². The fraction of sp³-hybridized carbons (Fsp3) is 0.286. The first-order valence-electron chi connectivity index (χ1n) is 9.43. The van der Waals surface area contributed by atoms with Crippen molar-refractivity contribution in [2.75, 3.05) is 6.61 Å². The molecule has 1 unspecified atom stereocenters. The van der Waals surface area contributed by atoms with Crippen molar-refractivity contribution in [2.45, 2.75) is 37.1 Å². The fourth-order valence-electron chi connectivity index (χ4n) is 3.00. The first-order valence-corrected chi connectivity index (χ1v) is 10.9. The molecule has 1 aromatic heterocycles. The average molecular weight is 416 g/mol. The van der Waals surface area contributed by atoms with Crippen molar-refractivity contribution >= 4 is 26.9 Å². The molecule has 1 atom stereocenters. The van der Waals surface area contributed by atoms with Crippen LogP contribution in [0, 0.1) is 0 Å². The molecule has 3 N–H and O–H groups in total. The van der Waals surface area contributed by atoms with Crippen molar-refractivity contribution in [2.24, 2.45) is 0 Å². The topological polar surface area (TPSA) is 108 Å². The second kappa shape index (κ2) is 9.11. The van der Waals surface area contributed by atoms with Gasteiger partial charge in [0.15, 0.2) is 0 Å². The van der Waals surface area contributed by atoms with Gasteiger partial charge in [-0.25, -0.2) is 8.42 Å². The number of carboxylic acids is 1. The van der Waals surface area contributed by atoms with E-state index >= 15 is 0 Å². The Kier molecular flexibility index (Phi) is 6.56. The number of ether oxygens (including phenoxy) is 1. The number of rotatable bonds is 10. The second-order valence-corrected chi connectivity index (χ2v) is 8.46. The Bertz CT molecular complexity index is 1070. The quantitative estimate of drug-likeness (QED) is 0.439. The SMILES string of the molecule is CCCCOc1ccc(S(=O)(=O)NC(Cc2c[nH]c3ccccc23)C(=O)O)cc1. The molecule has 0 aliphatic carbocycles. The van der Waals surface area contributed by atoms with Gasteiger partial charge in [-0.2, -0.15) is 4.72 Å². The first kappa shape index (κ1) is 20.9. The minimum atomic E-state index is -4.00. The Balaban J connectivity index is 1.74. The Morgan fingerprint density at radius 2 is 1.90 bits per heavy atom. The fourth-order valence-corrected chi connectivity index (χ4v) is 4.19. The van der Waals surface area contributed by atoms with E-state index in [1.165, 1.54) is 12.1 Å². The Morgan fingerprint density at radius 3 is 2.59 bits per heavy atom. The predicted molar refractivity (Wildman–Crippen MR) is 111 cm³/mol. The van der Waals surface area contributed by atoms with Gasteiger partial charge in [0.25, 0.3) is 0 Å². The second-order valence-electron chi connectivity index (χ2n) is 6.75. The molecule has 3 aromatic rings. The molecule has 154 valence electrons. The minimum Gasteiger partial charge on any atom is -0.494 e. The lowest BCUT2D eigenvalue weighted by Crippen LogP contribution is -2.42. The molecular formula is C21H24N2O5S. The number of unbranched alkanes of at least 4 members (excludes halogenated alkanes) is 1. The van der Waals surface area contributed by atoms with E-state index in [9.17, 15) is 18.3 Å². The van der Waals surface area contributed by atoms with Gasteiger partial charge in [0, 0.05) is 23.5 Å².